The van der Waals surface area contributed by atoms with E-state index in [1.807, 2.05) is 0 Å². The van der Waals surface area contributed by atoms with Crippen molar-refractivity contribution in [3.63, 3.8) is 0 Å². The van der Waals surface area contributed by atoms with Crippen LogP contribution in [0.3, 0.4) is 0 Å². The molecule has 0 aromatic carbocycles. The zero-order valence-corrected chi connectivity index (χ0v) is 11.9. The summed E-state index contributed by atoms with van der Waals surface area (Å²) in [5.74, 6) is -0.300. The standard InChI is InChI=1S/C11H17N5O3S/c1-7-2-4-11(5-3-7,8(17)18)6-12-9(19)13-10-14-15-16-20-10/h7H,2-6H2,1H3,(H,17,18)(H2,12,13,14,16,19). The van der Waals surface area contributed by atoms with Crippen LogP contribution in [0, 0.1) is 11.3 Å². The van der Waals surface area contributed by atoms with Crippen molar-refractivity contribution in [3.8, 4) is 0 Å². The lowest BCUT2D eigenvalue weighted by Crippen LogP contribution is -2.46. The molecule has 8 nitrogen and oxygen atoms in total. The number of carbonyl (C=O) groups is 2. The number of carboxylic acid groups (broad SMARTS) is 1. The molecule has 110 valence electrons. The third-order valence-electron chi connectivity index (χ3n) is 3.79. The number of amides is 2. The van der Waals surface area contributed by atoms with Crippen LogP contribution in [0.5, 0.6) is 0 Å². The molecular weight excluding hydrogens is 282 g/mol. The van der Waals surface area contributed by atoms with E-state index in [0.717, 1.165) is 24.4 Å². The molecule has 0 bridgehead atoms. The van der Waals surface area contributed by atoms with Crippen molar-refractivity contribution in [2.45, 2.75) is 32.6 Å². The fourth-order valence-electron chi connectivity index (χ4n) is 2.35. The molecule has 1 aliphatic carbocycles. The Morgan fingerprint density at radius 3 is 2.70 bits per heavy atom. The Balaban J connectivity index is 1.89. The SMILES string of the molecule is CC1CCC(CNC(=O)Nc2nnns2)(C(=O)O)CC1. The Hall–Kier alpha value is -1.77. The lowest BCUT2D eigenvalue weighted by molar-refractivity contribution is -0.151. The molecule has 20 heavy (non-hydrogen) atoms. The molecule has 1 aromatic heterocycles. The van der Waals surface area contributed by atoms with Crippen LogP contribution in [0.4, 0.5) is 9.93 Å². The molecule has 9 heteroatoms. The molecule has 0 saturated heterocycles. The molecule has 0 aliphatic heterocycles. The number of urea groups is 1. The predicted molar refractivity (Wildman–Crippen MR) is 72.4 cm³/mol. The summed E-state index contributed by atoms with van der Waals surface area (Å²) in [6.07, 6.45) is 2.92. The number of nitrogens with zero attached hydrogens (tertiary/aromatic N) is 3. The van der Waals surface area contributed by atoms with E-state index in [0.29, 0.717) is 18.8 Å². The molecule has 1 heterocycles. The second-order valence-corrected chi connectivity index (χ2v) is 5.98. The van der Waals surface area contributed by atoms with Crippen LogP contribution in [-0.4, -0.2) is 38.5 Å². The molecular formula is C11H17N5O3S. The van der Waals surface area contributed by atoms with Gasteiger partial charge in [-0.25, -0.2) is 4.79 Å². The Morgan fingerprint density at radius 1 is 1.45 bits per heavy atom. The van der Waals surface area contributed by atoms with Crippen molar-refractivity contribution in [1.29, 1.82) is 0 Å². The summed E-state index contributed by atoms with van der Waals surface area (Å²) in [4.78, 5) is 23.2. The van der Waals surface area contributed by atoms with Gasteiger partial charge in [0.1, 0.15) is 0 Å². The molecule has 1 aromatic rings. The van der Waals surface area contributed by atoms with Crippen LogP contribution in [0.2, 0.25) is 0 Å². The number of carbonyl (C=O) groups excluding carboxylic acids is 1. The maximum atomic E-state index is 11.7. The highest BCUT2D eigenvalue weighted by molar-refractivity contribution is 7.09. The van der Waals surface area contributed by atoms with Crippen LogP contribution in [0.1, 0.15) is 32.6 Å². The van der Waals surface area contributed by atoms with E-state index >= 15 is 0 Å². The molecule has 2 amide bonds. The third-order valence-corrected chi connectivity index (χ3v) is 4.30. The Bertz CT molecular complexity index is 470. The summed E-state index contributed by atoms with van der Waals surface area (Å²) in [7, 11) is 0. The highest BCUT2D eigenvalue weighted by atomic mass is 32.1. The maximum Gasteiger partial charge on any atom is 0.321 e. The second-order valence-electron chi connectivity index (χ2n) is 5.24. The van der Waals surface area contributed by atoms with Gasteiger partial charge < -0.3 is 10.4 Å². The number of hydrogen-bond acceptors (Lipinski definition) is 6. The second kappa shape index (κ2) is 6.12. The first-order valence-electron chi connectivity index (χ1n) is 6.45. The van der Waals surface area contributed by atoms with Crippen molar-refractivity contribution in [2.75, 3.05) is 11.9 Å². The van der Waals surface area contributed by atoms with E-state index in [4.69, 9.17) is 0 Å². The maximum absolute atomic E-state index is 11.7. The van der Waals surface area contributed by atoms with Gasteiger partial charge in [-0.05, 0) is 36.8 Å². The van der Waals surface area contributed by atoms with Crippen LogP contribution < -0.4 is 10.6 Å². The van der Waals surface area contributed by atoms with Crippen LogP contribution in [0.15, 0.2) is 0 Å². The van der Waals surface area contributed by atoms with E-state index in [1.54, 1.807) is 0 Å². The fraction of sp³-hybridized carbons (Fsp3) is 0.727. The summed E-state index contributed by atoms with van der Waals surface area (Å²) in [6, 6.07) is -0.484. The van der Waals surface area contributed by atoms with Crippen molar-refractivity contribution < 1.29 is 14.7 Å². The van der Waals surface area contributed by atoms with Gasteiger partial charge in [0.25, 0.3) is 0 Å². The average Bonchev–Trinajstić information content (AvgIpc) is 2.91. The lowest BCUT2D eigenvalue weighted by atomic mass is 9.71. The summed E-state index contributed by atoms with van der Waals surface area (Å²) in [6.45, 7) is 2.24. The summed E-state index contributed by atoms with van der Waals surface area (Å²) in [5.41, 5.74) is -0.858. The highest BCUT2D eigenvalue weighted by Gasteiger charge is 2.41. The van der Waals surface area contributed by atoms with E-state index < -0.39 is 17.4 Å². The number of anilines is 1. The minimum Gasteiger partial charge on any atom is -0.481 e. The molecule has 0 spiro atoms. The predicted octanol–water partition coefficient (Wildman–Crippen LogP) is 1.34. The van der Waals surface area contributed by atoms with Crippen LogP contribution in [-0.2, 0) is 4.79 Å². The van der Waals surface area contributed by atoms with Crippen LogP contribution in [0.25, 0.3) is 0 Å². The molecule has 0 radical (unpaired) electrons. The monoisotopic (exact) mass is 299 g/mol. The number of aromatic nitrogens is 3. The molecule has 0 atom stereocenters. The van der Waals surface area contributed by atoms with E-state index in [2.05, 4.69) is 32.4 Å². The van der Waals surface area contributed by atoms with Gasteiger partial charge >= 0.3 is 12.0 Å². The average molecular weight is 299 g/mol. The molecule has 3 N–H and O–H groups in total. The van der Waals surface area contributed by atoms with E-state index in [-0.39, 0.29) is 11.7 Å². The lowest BCUT2D eigenvalue weighted by Gasteiger charge is -2.35. The summed E-state index contributed by atoms with van der Waals surface area (Å²) in [5, 5.41) is 21.7. The smallest absolute Gasteiger partial charge is 0.321 e. The Morgan fingerprint density at radius 2 is 2.15 bits per heavy atom. The van der Waals surface area contributed by atoms with E-state index in [1.165, 1.54) is 0 Å². The number of nitrogens with one attached hydrogen (secondary N) is 2. The molecule has 0 unspecified atom stereocenters. The van der Waals surface area contributed by atoms with E-state index in [9.17, 15) is 14.7 Å². The largest absolute Gasteiger partial charge is 0.481 e. The van der Waals surface area contributed by atoms with Crippen molar-refractivity contribution >= 4 is 28.7 Å². The first-order chi connectivity index (χ1) is 9.52. The summed E-state index contributed by atoms with van der Waals surface area (Å²) < 4.78 is 3.52. The number of rotatable bonds is 4. The molecule has 2 rings (SSSR count). The number of carboxylic acids is 1. The summed E-state index contributed by atoms with van der Waals surface area (Å²) >= 11 is 0.958. The number of hydrogen-bond donors (Lipinski definition) is 3. The van der Waals surface area contributed by atoms with Gasteiger partial charge in [-0.3, -0.25) is 10.1 Å². The molecule has 1 saturated carbocycles. The minimum atomic E-state index is -0.858. The zero-order chi connectivity index (χ0) is 14.6. The molecule has 1 fully saturated rings. The van der Waals surface area contributed by atoms with Gasteiger partial charge in [0.05, 0.1) is 5.41 Å². The first-order valence-corrected chi connectivity index (χ1v) is 7.22. The number of aliphatic carboxylic acids is 1. The Kier molecular flexibility index (Phi) is 4.48. The topological polar surface area (TPSA) is 117 Å². The van der Waals surface area contributed by atoms with Crippen molar-refractivity contribution in [3.05, 3.63) is 0 Å². The highest BCUT2D eigenvalue weighted by Crippen LogP contribution is 2.38. The van der Waals surface area contributed by atoms with Gasteiger partial charge in [-0.2, -0.15) is 0 Å². The van der Waals surface area contributed by atoms with Crippen LogP contribution >= 0.6 is 11.5 Å². The Labute approximate surface area is 120 Å². The van der Waals surface area contributed by atoms with Gasteiger partial charge in [-0.1, -0.05) is 16.5 Å². The fourth-order valence-corrected chi connectivity index (χ4v) is 2.72. The third kappa shape index (κ3) is 3.41. The quantitative estimate of drug-likeness (QED) is 0.772. The normalized spacial score (nSPS) is 25.9. The van der Waals surface area contributed by atoms with Crippen molar-refractivity contribution in [1.82, 2.24) is 20.1 Å². The minimum absolute atomic E-state index is 0.118. The van der Waals surface area contributed by atoms with Gasteiger partial charge in [0, 0.05) is 18.1 Å². The van der Waals surface area contributed by atoms with Gasteiger partial charge in [-0.15, -0.1) is 0 Å². The van der Waals surface area contributed by atoms with Gasteiger partial charge in [0.15, 0.2) is 0 Å². The van der Waals surface area contributed by atoms with Gasteiger partial charge in [0.2, 0.25) is 5.13 Å². The molecule has 1 aliphatic rings. The first kappa shape index (κ1) is 14.6. The zero-order valence-electron chi connectivity index (χ0n) is 11.1. The van der Waals surface area contributed by atoms with Crippen molar-refractivity contribution in [2.24, 2.45) is 11.3 Å².